The minimum atomic E-state index is -4.06. The Kier molecular flexibility index (Phi) is 8.42. The first-order chi connectivity index (χ1) is 16.2. The highest BCUT2D eigenvalue weighted by atomic mass is 35.5. The van der Waals surface area contributed by atoms with E-state index in [0.717, 1.165) is 4.31 Å². The second kappa shape index (κ2) is 11.1. The first kappa shape index (κ1) is 25.8. The summed E-state index contributed by atoms with van der Waals surface area (Å²) in [6, 6.07) is 8.61. The number of thioether (sulfide) groups is 1. The number of ether oxygens (including phenoxy) is 2. The molecule has 0 saturated carbocycles. The third-order valence-corrected chi connectivity index (χ3v) is 8.53. The molecule has 3 aromatic rings. The molecular formula is C21H21ClN4O5S3. The second-order valence-corrected chi connectivity index (χ2v) is 11.2. The number of aromatic nitrogens is 2. The standard InChI is InChI=1S/C21H21ClN4O5S3/c1-5-9-32-21-25-24-20(33-21)23-19(27)13-7-6-8-14(10-13)34(28,29)26(2)16-11-15(22)17(30-3)12-18(16)31-4/h5-8,10-12H,1,9H2,2-4H3,(H,23,24,27). The zero-order valence-corrected chi connectivity index (χ0v) is 21.6. The van der Waals surface area contributed by atoms with Crippen molar-refractivity contribution in [2.24, 2.45) is 0 Å². The number of anilines is 2. The van der Waals surface area contributed by atoms with Crippen LogP contribution >= 0.6 is 34.7 Å². The van der Waals surface area contributed by atoms with Gasteiger partial charge >= 0.3 is 0 Å². The van der Waals surface area contributed by atoms with Crippen LogP contribution in [0.4, 0.5) is 10.8 Å². The van der Waals surface area contributed by atoms with Crippen LogP contribution in [0.2, 0.25) is 5.02 Å². The van der Waals surface area contributed by atoms with E-state index in [9.17, 15) is 13.2 Å². The maximum Gasteiger partial charge on any atom is 0.264 e. The quantitative estimate of drug-likeness (QED) is 0.226. The molecule has 0 fully saturated rings. The maximum atomic E-state index is 13.3. The van der Waals surface area contributed by atoms with Crippen LogP contribution in [-0.4, -0.2) is 51.5 Å². The molecule has 0 spiro atoms. The largest absolute Gasteiger partial charge is 0.495 e. The van der Waals surface area contributed by atoms with Crippen molar-refractivity contribution in [2.75, 3.05) is 36.6 Å². The number of carbonyl (C=O) groups excluding carboxylic acids is 1. The second-order valence-electron chi connectivity index (χ2n) is 6.59. The molecule has 0 aliphatic rings. The minimum absolute atomic E-state index is 0.0869. The van der Waals surface area contributed by atoms with Crippen molar-refractivity contribution < 1.29 is 22.7 Å². The monoisotopic (exact) mass is 540 g/mol. The lowest BCUT2D eigenvalue weighted by Crippen LogP contribution is -2.27. The van der Waals surface area contributed by atoms with Crippen molar-refractivity contribution in [1.29, 1.82) is 0 Å². The summed E-state index contributed by atoms with van der Waals surface area (Å²) < 4.78 is 38.9. The van der Waals surface area contributed by atoms with Crippen molar-refractivity contribution in [1.82, 2.24) is 10.2 Å². The van der Waals surface area contributed by atoms with Crippen LogP contribution in [0.25, 0.3) is 0 Å². The highest BCUT2D eigenvalue weighted by Gasteiger charge is 2.26. The zero-order chi connectivity index (χ0) is 24.9. The Morgan fingerprint density at radius 2 is 1.97 bits per heavy atom. The number of hydrogen-bond donors (Lipinski definition) is 1. The van der Waals surface area contributed by atoms with E-state index in [0.29, 0.717) is 21.0 Å². The fourth-order valence-corrected chi connectivity index (χ4v) is 5.78. The van der Waals surface area contributed by atoms with Crippen LogP contribution in [0.5, 0.6) is 11.5 Å². The van der Waals surface area contributed by atoms with Crippen molar-refractivity contribution in [3.05, 3.63) is 59.6 Å². The van der Waals surface area contributed by atoms with E-state index in [4.69, 9.17) is 21.1 Å². The van der Waals surface area contributed by atoms with Crippen LogP contribution in [0.3, 0.4) is 0 Å². The Balaban J connectivity index is 1.86. The molecule has 0 saturated heterocycles. The van der Waals surface area contributed by atoms with Crippen LogP contribution in [-0.2, 0) is 10.0 Å². The first-order valence-electron chi connectivity index (χ1n) is 9.60. The summed E-state index contributed by atoms with van der Waals surface area (Å²) in [7, 11) is 0.161. The molecule has 1 aromatic heterocycles. The Bertz CT molecular complexity index is 1310. The van der Waals surface area contributed by atoms with Gasteiger partial charge in [0.1, 0.15) is 11.5 Å². The Morgan fingerprint density at radius 1 is 1.24 bits per heavy atom. The molecule has 0 unspecified atom stereocenters. The van der Waals surface area contributed by atoms with Gasteiger partial charge in [-0.25, -0.2) is 8.42 Å². The number of methoxy groups -OCH3 is 2. The van der Waals surface area contributed by atoms with E-state index in [2.05, 4.69) is 22.1 Å². The summed E-state index contributed by atoms with van der Waals surface area (Å²) in [5.41, 5.74) is 0.353. The number of rotatable bonds is 10. The summed E-state index contributed by atoms with van der Waals surface area (Å²) in [5.74, 6) is 0.749. The molecule has 2 aromatic carbocycles. The molecule has 1 heterocycles. The number of sulfonamides is 1. The lowest BCUT2D eigenvalue weighted by molar-refractivity contribution is 0.102. The molecule has 0 aliphatic heterocycles. The number of nitrogens with zero attached hydrogens (tertiary/aromatic N) is 3. The van der Waals surface area contributed by atoms with E-state index in [1.54, 1.807) is 6.08 Å². The van der Waals surface area contributed by atoms with Crippen molar-refractivity contribution in [2.45, 2.75) is 9.24 Å². The average molecular weight is 541 g/mol. The molecular weight excluding hydrogens is 520 g/mol. The van der Waals surface area contributed by atoms with E-state index in [-0.39, 0.29) is 26.9 Å². The van der Waals surface area contributed by atoms with Crippen molar-refractivity contribution >= 4 is 61.4 Å². The third-order valence-electron chi connectivity index (χ3n) is 4.50. The highest BCUT2D eigenvalue weighted by molar-refractivity contribution is 8.01. The van der Waals surface area contributed by atoms with Gasteiger partial charge in [-0.15, -0.1) is 16.8 Å². The molecule has 9 nitrogen and oxygen atoms in total. The van der Waals surface area contributed by atoms with E-state index < -0.39 is 15.9 Å². The van der Waals surface area contributed by atoms with Gasteiger partial charge in [-0.05, 0) is 24.3 Å². The van der Waals surface area contributed by atoms with Gasteiger partial charge in [0.2, 0.25) is 5.13 Å². The van der Waals surface area contributed by atoms with Crippen molar-refractivity contribution in [3.63, 3.8) is 0 Å². The highest BCUT2D eigenvalue weighted by Crippen LogP contribution is 2.39. The Labute approximate surface area is 210 Å². The first-order valence-corrected chi connectivity index (χ1v) is 13.2. The number of amides is 1. The summed E-state index contributed by atoms with van der Waals surface area (Å²) in [6.45, 7) is 3.65. The van der Waals surface area contributed by atoms with Gasteiger partial charge in [-0.3, -0.25) is 14.4 Å². The molecule has 0 atom stereocenters. The lowest BCUT2D eigenvalue weighted by atomic mass is 10.2. The number of carbonyl (C=O) groups is 1. The van der Waals surface area contributed by atoms with Gasteiger partial charge < -0.3 is 9.47 Å². The Morgan fingerprint density at radius 3 is 2.65 bits per heavy atom. The number of hydrogen-bond acceptors (Lipinski definition) is 9. The number of halogens is 1. The van der Waals surface area contributed by atoms with Crippen LogP contribution in [0, 0.1) is 0 Å². The van der Waals surface area contributed by atoms with Crippen LogP contribution in [0.1, 0.15) is 10.4 Å². The van der Waals surface area contributed by atoms with Crippen LogP contribution in [0.15, 0.2) is 58.3 Å². The van der Waals surface area contributed by atoms with Gasteiger partial charge in [0.05, 0.1) is 29.8 Å². The van der Waals surface area contributed by atoms with Gasteiger partial charge in [0, 0.05) is 24.4 Å². The van der Waals surface area contributed by atoms with Crippen molar-refractivity contribution in [3.8, 4) is 11.5 Å². The molecule has 180 valence electrons. The summed E-state index contributed by atoms with van der Waals surface area (Å²) in [4.78, 5) is 12.6. The molecule has 0 radical (unpaired) electrons. The molecule has 0 aliphatic carbocycles. The lowest BCUT2D eigenvalue weighted by Gasteiger charge is -2.23. The predicted molar refractivity (Wildman–Crippen MR) is 135 cm³/mol. The topological polar surface area (TPSA) is 111 Å². The molecule has 0 bridgehead atoms. The van der Waals surface area contributed by atoms with E-state index in [1.807, 2.05) is 0 Å². The van der Waals surface area contributed by atoms with E-state index >= 15 is 0 Å². The minimum Gasteiger partial charge on any atom is -0.495 e. The fraction of sp³-hybridized carbons (Fsp3) is 0.190. The fourth-order valence-electron chi connectivity index (χ4n) is 2.79. The predicted octanol–water partition coefficient (Wildman–Crippen LogP) is 4.56. The van der Waals surface area contributed by atoms with Gasteiger partial charge in [0.25, 0.3) is 15.9 Å². The molecule has 3 rings (SSSR count). The molecule has 34 heavy (non-hydrogen) atoms. The number of nitrogens with one attached hydrogen (secondary N) is 1. The van der Waals surface area contributed by atoms with E-state index in [1.165, 1.54) is 80.8 Å². The van der Waals surface area contributed by atoms with Gasteiger partial charge in [-0.1, -0.05) is 46.8 Å². The third kappa shape index (κ3) is 5.63. The van der Waals surface area contributed by atoms with Crippen LogP contribution < -0.4 is 19.1 Å². The maximum absolute atomic E-state index is 13.3. The summed E-state index contributed by atoms with van der Waals surface area (Å²) in [5, 5.41) is 11.1. The van der Waals surface area contributed by atoms with Gasteiger partial charge in [0.15, 0.2) is 4.34 Å². The normalized spacial score (nSPS) is 11.1. The average Bonchev–Trinajstić information content (AvgIpc) is 3.29. The SMILES string of the molecule is C=CCSc1nnc(NC(=O)c2cccc(S(=O)(=O)N(C)c3cc(Cl)c(OC)cc3OC)c2)s1. The summed E-state index contributed by atoms with van der Waals surface area (Å²) >= 11 is 8.86. The molecule has 1 N–H and O–H groups in total. The molecule has 13 heteroatoms. The smallest absolute Gasteiger partial charge is 0.264 e. The zero-order valence-electron chi connectivity index (χ0n) is 18.4. The Hall–Kier alpha value is -2.80. The van der Waals surface area contributed by atoms with Gasteiger partial charge in [-0.2, -0.15) is 0 Å². The molecule has 1 amide bonds. The number of benzene rings is 2. The summed E-state index contributed by atoms with van der Waals surface area (Å²) in [6.07, 6.45) is 1.74.